The van der Waals surface area contributed by atoms with E-state index in [1.54, 1.807) is 0 Å². The van der Waals surface area contributed by atoms with E-state index in [9.17, 15) is 0 Å². The molecule has 1 fully saturated rings. The maximum Gasteiger partial charge on any atom is -0.00176 e. The Morgan fingerprint density at radius 2 is 1.86 bits per heavy atom. The zero-order valence-electron chi connectivity index (χ0n) is 14.2. The van der Waals surface area contributed by atoms with Crippen molar-refractivity contribution in [3.63, 3.8) is 0 Å². The van der Waals surface area contributed by atoms with Crippen LogP contribution in [-0.2, 0) is 6.42 Å². The van der Waals surface area contributed by atoms with Crippen molar-refractivity contribution in [3.05, 3.63) is 35.4 Å². The summed E-state index contributed by atoms with van der Waals surface area (Å²) in [6.07, 6.45) is 8.40. The van der Waals surface area contributed by atoms with Crippen LogP contribution in [0.4, 0.5) is 0 Å². The minimum Gasteiger partial charge on any atom is -0.316 e. The van der Waals surface area contributed by atoms with Gasteiger partial charge in [0.2, 0.25) is 0 Å². The van der Waals surface area contributed by atoms with E-state index < -0.39 is 0 Å². The highest BCUT2D eigenvalue weighted by molar-refractivity contribution is 5.22. The molecular weight excluding hydrogens is 254 g/mol. The number of hydrogen-bond donors (Lipinski definition) is 1. The summed E-state index contributed by atoms with van der Waals surface area (Å²) in [5.74, 6) is 2.49. The molecule has 1 nitrogen and oxygen atoms in total. The van der Waals surface area contributed by atoms with E-state index >= 15 is 0 Å². The van der Waals surface area contributed by atoms with Crippen molar-refractivity contribution in [2.24, 2.45) is 17.8 Å². The van der Waals surface area contributed by atoms with Gasteiger partial charge in [-0.25, -0.2) is 0 Å². The quantitative estimate of drug-likeness (QED) is 0.728. The largest absolute Gasteiger partial charge is 0.316 e. The molecule has 0 saturated heterocycles. The first-order valence-corrected chi connectivity index (χ1v) is 8.91. The van der Waals surface area contributed by atoms with Gasteiger partial charge in [0, 0.05) is 0 Å². The van der Waals surface area contributed by atoms with Gasteiger partial charge in [-0.2, -0.15) is 0 Å². The molecule has 1 aromatic carbocycles. The first-order chi connectivity index (χ1) is 10.1. The standard InChI is InChI=1S/C20H33N/c1-16(2)14-21-15-20-11-6-4-5-10-19(20)13-18-9-7-8-17(3)12-18/h7-9,12,16,19-21H,4-6,10-11,13-15H2,1-3H3. The molecule has 21 heavy (non-hydrogen) atoms. The fourth-order valence-electron chi connectivity index (χ4n) is 3.70. The van der Waals surface area contributed by atoms with Crippen LogP contribution < -0.4 is 5.32 Å². The highest BCUT2D eigenvalue weighted by atomic mass is 14.9. The zero-order chi connectivity index (χ0) is 15.1. The Labute approximate surface area is 131 Å². The van der Waals surface area contributed by atoms with E-state index in [1.807, 2.05) is 0 Å². The second-order valence-corrected chi connectivity index (χ2v) is 7.40. The molecule has 1 saturated carbocycles. The molecule has 0 bridgehead atoms. The molecule has 0 amide bonds. The van der Waals surface area contributed by atoms with Gasteiger partial charge >= 0.3 is 0 Å². The van der Waals surface area contributed by atoms with E-state index in [2.05, 4.69) is 50.4 Å². The summed E-state index contributed by atoms with van der Waals surface area (Å²) in [6.45, 7) is 9.18. The summed E-state index contributed by atoms with van der Waals surface area (Å²) in [5.41, 5.74) is 2.94. The average Bonchev–Trinajstić information content (AvgIpc) is 2.64. The summed E-state index contributed by atoms with van der Waals surface area (Å²) in [6, 6.07) is 9.12. The van der Waals surface area contributed by atoms with Gasteiger partial charge in [0.15, 0.2) is 0 Å². The Bertz CT molecular complexity index is 410. The summed E-state index contributed by atoms with van der Waals surface area (Å²) >= 11 is 0. The number of nitrogens with one attached hydrogen (secondary N) is 1. The normalized spacial score (nSPS) is 23.2. The summed E-state index contributed by atoms with van der Waals surface area (Å²) < 4.78 is 0. The van der Waals surface area contributed by atoms with Crippen LogP contribution in [0.2, 0.25) is 0 Å². The molecule has 2 atom stereocenters. The van der Waals surface area contributed by atoms with Crippen LogP contribution in [0.1, 0.15) is 57.1 Å². The van der Waals surface area contributed by atoms with Gasteiger partial charge < -0.3 is 5.32 Å². The summed E-state index contributed by atoms with van der Waals surface area (Å²) in [7, 11) is 0. The molecule has 0 radical (unpaired) electrons. The minimum absolute atomic E-state index is 0.756. The van der Waals surface area contributed by atoms with Crippen LogP contribution in [0.3, 0.4) is 0 Å². The maximum absolute atomic E-state index is 3.71. The van der Waals surface area contributed by atoms with E-state index in [1.165, 1.54) is 56.2 Å². The van der Waals surface area contributed by atoms with Crippen molar-refractivity contribution in [1.29, 1.82) is 0 Å². The van der Waals surface area contributed by atoms with Crippen molar-refractivity contribution in [1.82, 2.24) is 5.32 Å². The molecule has 1 aromatic rings. The smallest absolute Gasteiger partial charge is 0.00176 e. The first-order valence-electron chi connectivity index (χ1n) is 8.91. The molecule has 1 aliphatic rings. The topological polar surface area (TPSA) is 12.0 Å². The maximum atomic E-state index is 3.71. The van der Waals surface area contributed by atoms with Crippen LogP contribution in [-0.4, -0.2) is 13.1 Å². The lowest BCUT2D eigenvalue weighted by Crippen LogP contribution is -2.31. The van der Waals surface area contributed by atoms with Gasteiger partial charge in [0.1, 0.15) is 0 Å². The van der Waals surface area contributed by atoms with Gasteiger partial charge in [0.05, 0.1) is 0 Å². The van der Waals surface area contributed by atoms with Gasteiger partial charge in [-0.1, -0.05) is 62.9 Å². The first kappa shape index (κ1) is 16.5. The number of rotatable bonds is 6. The zero-order valence-corrected chi connectivity index (χ0v) is 14.2. The van der Waals surface area contributed by atoms with Crippen molar-refractivity contribution in [2.75, 3.05) is 13.1 Å². The molecule has 118 valence electrons. The van der Waals surface area contributed by atoms with Crippen LogP contribution in [0, 0.1) is 24.7 Å². The minimum atomic E-state index is 0.756. The van der Waals surface area contributed by atoms with E-state index in [0.29, 0.717) is 0 Å². The molecule has 2 rings (SSSR count). The number of aryl methyl sites for hydroxylation is 1. The third-order valence-corrected chi connectivity index (χ3v) is 4.86. The van der Waals surface area contributed by atoms with Crippen LogP contribution in [0.25, 0.3) is 0 Å². The second kappa shape index (κ2) is 8.58. The van der Waals surface area contributed by atoms with Gasteiger partial charge in [-0.15, -0.1) is 0 Å². The molecule has 0 aromatic heterocycles. The van der Waals surface area contributed by atoms with E-state index in [0.717, 1.165) is 24.3 Å². The molecule has 0 spiro atoms. The Balaban J connectivity index is 1.94. The number of benzene rings is 1. The predicted octanol–water partition coefficient (Wildman–Crippen LogP) is 4.98. The average molecular weight is 287 g/mol. The van der Waals surface area contributed by atoms with E-state index in [-0.39, 0.29) is 0 Å². The molecular formula is C20H33N. The lowest BCUT2D eigenvalue weighted by Gasteiger charge is -2.26. The Morgan fingerprint density at radius 1 is 1.10 bits per heavy atom. The van der Waals surface area contributed by atoms with E-state index in [4.69, 9.17) is 0 Å². The predicted molar refractivity (Wildman–Crippen MR) is 92.7 cm³/mol. The van der Waals surface area contributed by atoms with Crippen LogP contribution >= 0.6 is 0 Å². The Hall–Kier alpha value is -0.820. The van der Waals surface area contributed by atoms with Gasteiger partial charge in [-0.3, -0.25) is 0 Å². The molecule has 1 heteroatoms. The fourth-order valence-corrected chi connectivity index (χ4v) is 3.70. The lowest BCUT2D eigenvalue weighted by atomic mass is 9.83. The monoisotopic (exact) mass is 287 g/mol. The SMILES string of the molecule is Cc1cccc(CC2CCCCCC2CNCC(C)C)c1. The number of hydrogen-bond acceptors (Lipinski definition) is 1. The fraction of sp³-hybridized carbons (Fsp3) is 0.700. The molecule has 2 unspecified atom stereocenters. The van der Waals surface area contributed by atoms with Crippen molar-refractivity contribution >= 4 is 0 Å². The van der Waals surface area contributed by atoms with Crippen molar-refractivity contribution in [3.8, 4) is 0 Å². The summed E-state index contributed by atoms with van der Waals surface area (Å²) in [5, 5.41) is 3.71. The second-order valence-electron chi connectivity index (χ2n) is 7.40. The van der Waals surface area contributed by atoms with Gasteiger partial charge in [-0.05, 0) is 62.6 Å². The third-order valence-electron chi connectivity index (χ3n) is 4.86. The van der Waals surface area contributed by atoms with Gasteiger partial charge in [0.25, 0.3) is 0 Å². The molecule has 0 aliphatic heterocycles. The van der Waals surface area contributed by atoms with Crippen LogP contribution in [0.15, 0.2) is 24.3 Å². The summed E-state index contributed by atoms with van der Waals surface area (Å²) in [4.78, 5) is 0. The highest BCUT2D eigenvalue weighted by Gasteiger charge is 2.23. The highest BCUT2D eigenvalue weighted by Crippen LogP contribution is 2.31. The van der Waals surface area contributed by atoms with Crippen molar-refractivity contribution in [2.45, 2.75) is 59.3 Å². The molecule has 0 heterocycles. The lowest BCUT2D eigenvalue weighted by molar-refractivity contribution is 0.294. The third kappa shape index (κ3) is 5.82. The Kier molecular flexibility index (Phi) is 6.76. The van der Waals surface area contributed by atoms with Crippen LogP contribution in [0.5, 0.6) is 0 Å². The molecule has 1 N–H and O–H groups in total. The van der Waals surface area contributed by atoms with Crippen molar-refractivity contribution < 1.29 is 0 Å². The Morgan fingerprint density at radius 3 is 2.57 bits per heavy atom. The molecule has 1 aliphatic carbocycles.